The van der Waals surface area contributed by atoms with Gasteiger partial charge in [0.2, 0.25) is 0 Å². The van der Waals surface area contributed by atoms with Gasteiger partial charge in [-0.3, -0.25) is 4.79 Å². The third-order valence-corrected chi connectivity index (χ3v) is 5.81. The Morgan fingerprint density at radius 2 is 1.91 bits per heavy atom. The van der Waals surface area contributed by atoms with Crippen molar-refractivity contribution in [1.29, 1.82) is 0 Å². The first kappa shape index (κ1) is 20.1. The van der Waals surface area contributed by atoms with Gasteiger partial charge in [-0.25, -0.2) is 19.0 Å². The minimum atomic E-state index is -0.359. The standard InChI is InChI=1S/C24H23FN6O/c1-17-15-29(12-13-30(17)21-10-9-19(25)14-27-21)24(32)22-20-8-5-11-26-23(20)31(28-22)16-18-6-3-2-4-7-18/h2-11,14,17H,12-13,15-16H2,1H3. The van der Waals surface area contributed by atoms with Crippen LogP contribution in [0.4, 0.5) is 10.2 Å². The highest BCUT2D eigenvalue weighted by Gasteiger charge is 2.30. The van der Waals surface area contributed by atoms with E-state index >= 15 is 0 Å². The second-order valence-corrected chi connectivity index (χ2v) is 7.99. The first-order valence-electron chi connectivity index (χ1n) is 10.6. The van der Waals surface area contributed by atoms with Crippen molar-refractivity contribution < 1.29 is 9.18 Å². The minimum absolute atomic E-state index is 0.0430. The largest absolute Gasteiger partial charge is 0.350 e. The number of halogens is 1. The maximum Gasteiger partial charge on any atom is 0.275 e. The summed E-state index contributed by atoms with van der Waals surface area (Å²) in [5, 5.41) is 5.42. The predicted molar refractivity (Wildman–Crippen MR) is 120 cm³/mol. The monoisotopic (exact) mass is 430 g/mol. The summed E-state index contributed by atoms with van der Waals surface area (Å²) in [7, 11) is 0. The van der Waals surface area contributed by atoms with Gasteiger partial charge in [0.25, 0.3) is 5.91 Å². The quantitative estimate of drug-likeness (QED) is 0.497. The molecular formula is C24H23FN6O. The SMILES string of the molecule is CC1CN(C(=O)c2nn(Cc3ccccc3)c3ncccc23)CCN1c1ccc(F)cn1. The number of carbonyl (C=O) groups is 1. The van der Waals surface area contributed by atoms with Crippen LogP contribution in [0.25, 0.3) is 11.0 Å². The molecule has 1 unspecified atom stereocenters. The number of benzene rings is 1. The lowest BCUT2D eigenvalue weighted by atomic mass is 10.1. The zero-order valence-corrected chi connectivity index (χ0v) is 17.7. The van der Waals surface area contributed by atoms with Crippen LogP contribution in [0.15, 0.2) is 67.0 Å². The van der Waals surface area contributed by atoms with Crippen molar-refractivity contribution in [3.63, 3.8) is 0 Å². The van der Waals surface area contributed by atoms with Gasteiger partial charge in [0.05, 0.1) is 18.1 Å². The van der Waals surface area contributed by atoms with Crippen molar-refractivity contribution in [2.45, 2.75) is 19.5 Å². The van der Waals surface area contributed by atoms with Crippen LogP contribution in [-0.2, 0) is 6.54 Å². The van der Waals surface area contributed by atoms with E-state index in [0.29, 0.717) is 43.3 Å². The number of hydrogen-bond acceptors (Lipinski definition) is 5. The van der Waals surface area contributed by atoms with Crippen LogP contribution in [0.2, 0.25) is 0 Å². The summed E-state index contributed by atoms with van der Waals surface area (Å²) < 4.78 is 15.0. The molecule has 1 aliphatic rings. The minimum Gasteiger partial charge on any atom is -0.350 e. The zero-order chi connectivity index (χ0) is 22.1. The van der Waals surface area contributed by atoms with Gasteiger partial charge in [-0.15, -0.1) is 0 Å². The summed E-state index contributed by atoms with van der Waals surface area (Å²) in [5.74, 6) is 0.253. The normalized spacial score (nSPS) is 16.5. The highest BCUT2D eigenvalue weighted by Crippen LogP contribution is 2.23. The summed E-state index contributed by atoms with van der Waals surface area (Å²) >= 11 is 0. The molecule has 4 heterocycles. The first-order chi connectivity index (χ1) is 15.6. The van der Waals surface area contributed by atoms with E-state index in [9.17, 15) is 9.18 Å². The number of anilines is 1. The number of pyridine rings is 2. The molecular weight excluding hydrogens is 407 g/mol. The van der Waals surface area contributed by atoms with Crippen LogP contribution in [0.5, 0.6) is 0 Å². The Bertz CT molecular complexity index is 1240. The van der Waals surface area contributed by atoms with Gasteiger partial charge < -0.3 is 9.80 Å². The van der Waals surface area contributed by atoms with E-state index in [0.717, 1.165) is 10.9 Å². The smallest absolute Gasteiger partial charge is 0.275 e. The molecule has 1 amide bonds. The van der Waals surface area contributed by atoms with Crippen LogP contribution in [-0.4, -0.2) is 56.2 Å². The molecule has 4 aromatic rings. The van der Waals surface area contributed by atoms with Gasteiger partial charge >= 0.3 is 0 Å². The number of carbonyl (C=O) groups excluding carboxylic acids is 1. The Kier molecular flexibility index (Phi) is 5.26. The second kappa shape index (κ2) is 8.37. The van der Waals surface area contributed by atoms with Crippen LogP contribution < -0.4 is 4.90 Å². The summed E-state index contributed by atoms with van der Waals surface area (Å²) in [5.41, 5.74) is 2.21. The first-order valence-corrected chi connectivity index (χ1v) is 10.6. The third kappa shape index (κ3) is 3.79. The van der Waals surface area contributed by atoms with E-state index in [1.165, 1.54) is 12.3 Å². The highest BCUT2D eigenvalue weighted by molar-refractivity contribution is 6.04. The zero-order valence-electron chi connectivity index (χ0n) is 17.7. The van der Waals surface area contributed by atoms with E-state index in [2.05, 4.69) is 20.0 Å². The van der Waals surface area contributed by atoms with Crippen molar-refractivity contribution in [2.75, 3.05) is 24.5 Å². The van der Waals surface area contributed by atoms with E-state index in [4.69, 9.17) is 0 Å². The van der Waals surface area contributed by atoms with Gasteiger partial charge in [-0.1, -0.05) is 30.3 Å². The molecule has 5 rings (SSSR count). The molecule has 1 atom stereocenters. The van der Waals surface area contributed by atoms with E-state index < -0.39 is 0 Å². The van der Waals surface area contributed by atoms with Gasteiger partial charge in [-0.05, 0) is 36.8 Å². The van der Waals surface area contributed by atoms with E-state index in [1.54, 1.807) is 16.9 Å². The Morgan fingerprint density at radius 3 is 2.66 bits per heavy atom. The fourth-order valence-electron chi connectivity index (χ4n) is 4.20. The van der Waals surface area contributed by atoms with Crippen molar-refractivity contribution in [1.82, 2.24) is 24.6 Å². The van der Waals surface area contributed by atoms with Crippen LogP contribution in [0, 0.1) is 5.82 Å². The van der Waals surface area contributed by atoms with Crippen molar-refractivity contribution in [3.05, 3.63) is 84.1 Å². The number of amides is 1. The van der Waals surface area contributed by atoms with Gasteiger partial charge in [0.15, 0.2) is 11.3 Å². The molecule has 1 fully saturated rings. The third-order valence-electron chi connectivity index (χ3n) is 5.81. The van der Waals surface area contributed by atoms with E-state index in [1.807, 2.05) is 54.3 Å². The van der Waals surface area contributed by atoms with Crippen LogP contribution in [0.3, 0.4) is 0 Å². The maximum absolute atomic E-state index is 13.5. The predicted octanol–water partition coefficient (Wildman–Crippen LogP) is 3.36. The fourth-order valence-corrected chi connectivity index (χ4v) is 4.20. The number of piperazine rings is 1. The lowest BCUT2D eigenvalue weighted by Crippen LogP contribution is -2.54. The second-order valence-electron chi connectivity index (χ2n) is 7.99. The topological polar surface area (TPSA) is 67.2 Å². The molecule has 162 valence electrons. The highest BCUT2D eigenvalue weighted by atomic mass is 19.1. The Hall–Kier alpha value is -3.81. The summed E-state index contributed by atoms with van der Waals surface area (Å²) in [6, 6.07) is 16.8. The average Bonchev–Trinajstić information content (AvgIpc) is 3.18. The fraction of sp³-hybridized carbons (Fsp3) is 0.250. The van der Waals surface area contributed by atoms with Crippen molar-refractivity contribution in [3.8, 4) is 0 Å². The molecule has 1 aliphatic heterocycles. The Labute approximate surface area is 185 Å². The Balaban J connectivity index is 1.39. The van der Waals surface area contributed by atoms with E-state index in [-0.39, 0.29) is 17.8 Å². The summed E-state index contributed by atoms with van der Waals surface area (Å²) in [6.45, 7) is 4.27. The molecule has 8 heteroatoms. The molecule has 1 aromatic carbocycles. The van der Waals surface area contributed by atoms with Crippen LogP contribution in [0.1, 0.15) is 23.0 Å². The summed E-state index contributed by atoms with van der Waals surface area (Å²) in [6.07, 6.45) is 2.94. The molecule has 1 saturated heterocycles. The Morgan fingerprint density at radius 1 is 1.06 bits per heavy atom. The number of fused-ring (bicyclic) bond motifs is 1. The maximum atomic E-state index is 13.5. The average molecular weight is 430 g/mol. The molecule has 0 saturated carbocycles. The van der Waals surface area contributed by atoms with Crippen LogP contribution >= 0.6 is 0 Å². The lowest BCUT2D eigenvalue weighted by molar-refractivity contribution is 0.0721. The molecule has 0 bridgehead atoms. The number of aromatic nitrogens is 4. The van der Waals surface area contributed by atoms with Crippen molar-refractivity contribution >= 4 is 22.8 Å². The molecule has 0 spiro atoms. The van der Waals surface area contributed by atoms with Gasteiger partial charge in [0.1, 0.15) is 11.6 Å². The number of hydrogen-bond donors (Lipinski definition) is 0. The number of rotatable bonds is 4. The number of nitrogens with zero attached hydrogens (tertiary/aromatic N) is 6. The molecule has 0 radical (unpaired) electrons. The molecule has 0 aliphatic carbocycles. The summed E-state index contributed by atoms with van der Waals surface area (Å²) in [4.78, 5) is 26.0. The lowest BCUT2D eigenvalue weighted by Gasteiger charge is -2.40. The van der Waals surface area contributed by atoms with Crippen molar-refractivity contribution in [2.24, 2.45) is 0 Å². The van der Waals surface area contributed by atoms with Gasteiger partial charge in [-0.2, -0.15) is 5.10 Å². The molecule has 3 aromatic heterocycles. The molecule has 7 nitrogen and oxygen atoms in total. The molecule has 32 heavy (non-hydrogen) atoms. The van der Waals surface area contributed by atoms with Gasteiger partial charge in [0, 0.05) is 31.9 Å². The molecule has 0 N–H and O–H groups in total.